The van der Waals surface area contributed by atoms with Crippen LogP contribution in [0.15, 0.2) is 0 Å². The van der Waals surface area contributed by atoms with Gasteiger partial charge < -0.3 is 14.2 Å². The van der Waals surface area contributed by atoms with E-state index in [0.29, 0.717) is 0 Å². The van der Waals surface area contributed by atoms with Gasteiger partial charge in [-0.25, -0.2) is 0 Å². The van der Waals surface area contributed by atoms with Crippen LogP contribution in [0.25, 0.3) is 0 Å². The largest absolute Gasteiger partial charge is 0.481 e. The van der Waals surface area contributed by atoms with Crippen LogP contribution in [0.2, 0.25) is 0 Å². The highest BCUT2D eigenvalue weighted by atomic mass is 31.2. The van der Waals surface area contributed by atoms with Crippen LogP contribution in [0.4, 0.5) is 0 Å². The van der Waals surface area contributed by atoms with E-state index in [1.807, 2.05) is 0 Å². The van der Waals surface area contributed by atoms with Crippen LogP contribution in [-0.4, -0.2) is 28.4 Å². The van der Waals surface area contributed by atoms with Gasteiger partial charge in [0.25, 0.3) is 0 Å². The molecule has 0 spiro atoms. The smallest absolute Gasteiger partial charge is 0.342 e. The van der Waals surface area contributed by atoms with Crippen molar-refractivity contribution >= 4 is 13.6 Å². The van der Waals surface area contributed by atoms with Gasteiger partial charge in [0.1, 0.15) is 6.16 Å². The lowest BCUT2D eigenvalue weighted by Crippen LogP contribution is -2.26. The lowest BCUT2D eigenvalue weighted by Gasteiger charge is -2.31. The van der Waals surface area contributed by atoms with Crippen LogP contribution in [-0.2, 0) is 18.4 Å². The number of carboxylic acid groups (broad SMARTS) is 1. The van der Waals surface area contributed by atoms with Gasteiger partial charge in [-0.3, -0.25) is 9.36 Å². The second-order valence-corrected chi connectivity index (χ2v) is 7.47. The lowest BCUT2D eigenvalue weighted by molar-refractivity contribution is -0.134. The Bertz CT molecular complexity index is 277. The summed E-state index contributed by atoms with van der Waals surface area (Å²) in [5.74, 6) is -1.20. The van der Waals surface area contributed by atoms with Crippen LogP contribution in [0, 0.1) is 0 Å². The summed E-state index contributed by atoms with van der Waals surface area (Å²) in [5, 5.41) is 8.71. The Morgan fingerprint density at radius 2 is 1.38 bits per heavy atom. The molecule has 6 heteroatoms. The summed E-state index contributed by atoms with van der Waals surface area (Å²) in [6.45, 7) is 10.2. The minimum absolute atomic E-state index is 0.623. The van der Waals surface area contributed by atoms with E-state index in [1.54, 1.807) is 41.5 Å². The molecule has 5 nitrogen and oxygen atoms in total. The zero-order chi connectivity index (χ0) is 13.2. The minimum Gasteiger partial charge on any atom is -0.481 e. The van der Waals surface area contributed by atoms with Crippen LogP contribution < -0.4 is 0 Å². The summed E-state index contributed by atoms with van der Waals surface area (Å²) < 4.78 is 22.8. The fourth-order valence-electron chi connectivity index (χ4n) is 1.08. The van der Waals surface area contributed by atoms with Gasteiger partial charge in [-0.05, 0) is 41.5 Å². The molecule has 0 rings (SSSR count). The van der Waals surface area contributed by atoms with Gasteiger partial charge in [0.15, 0.2) is 0 Å². The summed E-state index contributed by atoms with van der Waals surface area (Å²) in [4.78, 5) is 10.7. The van der Waals surface area contributed by atoms with E-state index in [2.05, 4.69) is 0 Å². The van der Waals surface area contributed by atoms with Crippen molar-refractivity contribution in [2.75, 3.05) is 6.16 Å². The SMILES string of the molecule is CC(C)(C)OP(=O)(CC(=O)O)OC(C)(C)C. The lowest BCUT2D eigenvalue weighted by atomic mass is 10.2. The van der Waals surface area contributed by atoms with Crippen molar-refractivity contribution in [3.63, 3.8) is 0 Å². The quantitative estimate of drug-likeness (QED) is 0.779. The van der Waals surface area contributed by atoms with Crippen molar-refractivity contribution in [1.29, 1.82) is 0 Å². The Morgan fingerprint density at radius 1 is 1.06 bits per heavy atom. The fourth-order valence-corrected chi connectivity index (χ4v) is 3.25. The molecular weight excluding hydrogens is 231 g/mol. The predicted octanol–water partition coefficient (Wildman–Crippen LogP) is 2.89. The van der Waals surface area contributed by atoms with Crippen molar-refractivity contribution in [3.05, 3.63) is 0 Å². The van der Waals surface area contributed by atoms with E-state index in [1.165, 1.54) is 0 Å². The average Bonchev–Trinajstić information content (AvgIpc) is 1.69. The van der Waals surface area contributed by atoms with Crippen molar-refractivity contribution in [3.8, 4) is 0 Å². The Kier molecular flexibility index (Phi) is 4.75. The molecule has 1 N–H and O–H groups in total. The number of carbonyl (C=O) groups is 1. The normalized spacial score (nSPS) is 13.9. The number of carboxylic acids is 1. The molecule has 0 bridgehead atoms. The third kappa shape index (κ3) is 7.85. The monoisotopic (exact) mass is 252 g/mol. The maximum Gasteiger partial charge on any atom is 0.342 e. The van der Waals surface area contributed by atoms with Gasteiger partial charge in [0.2, 0.25) is 0 Å². The van der Waals surface area contributed by atoms with Gasteiger partial charge in [0.05, 0.1) is 11.2 Å². The van der Waals surface area contributed by atoms with Crippen molar-refractivity contribution in [2.45, 2.75) is 52.7 Å². The molecule has 0 aromatic carbocycles. The van der Waals surface area contributed by atoms with E-state index in [4.69, 9.17) is 14.2 Å². The molecule has 0 heterocycles. The highest BCUT2D eigenvalue weighted by molar-refractivity contribution is 7.54. The van der Waals surface area contributed by atoms with Crippen molar-refractivity contribution < 1.29 is 23.5 Å². The van der Waals surface area contributed by atoms with Gasteiger partial charge in [0, 0.05) is 0 Å². The van der Waals surface area contributed by atoms with E-state index in [-0.39, 0.29) is 0 Å². The zero-order valence-electron chi connectivity index (χ0n) is 10.7. The van der Waals surface area contributed by atoms with Gasteiger partial charge in [-0.1, -0.05) is 0 Å². The molecule has 0 aliphatic carbocycles. The van der Waals surface area contributed by atoms with E-state index >= 15 is 0 Å². The molecule has 0 saturated carbocycles. The highest BCUT2D eigenvalue weighted by Gasteiger charge is 2.37. The van der Waals surface area contributed by atoms with Crippen LogP contribution >= 0.6 is 7.60 Å². The fraction of sp³-hybridized carbons (Fsp3) is 0.900. The summed E-state index contributed by atoms with van der Waals surface area (Å²) in [5.41, 5.74) is -1.42. The number of hydrogen-bond donors (Lipinski definition) is 1. The summed E-state index contributed by atoms with van der Waals surface area (Å²) >= 11 is 0. The van der Waals surface area contributed by atoms with Gasteiger partial charge in [-0.2, -0.15) is 0 Å². The summed E-state index contributed by atoms with van der Waals surface area (Å²) in [7, 11) is -3.62. The van der Waals surface area contributed by atoms with Crippen LogP contribution in [0.1, 0.15) is 41.5 Å². The first-order valence-corrected chi connectivity index (χ1v) is 6.78. The standard InChI is InChI=1S/C10H21O5P/c1-9(2,3)14-16(13,7-8(11)12)15-10(4,5)6/h7H2,1-6H3,(H,11,12). The summed E-state index contributed by atoms with van der Waals surface area (Å²) in [6.07, 6.45) is -0.623. The molecule has 0 aliphatic rings. The topological polar surface area (TPSA) is 72.8 Å². The molecule has 0 radical (unpaired) electrons. The van der Waals surface area contributed by atoms with Crippen molar-refractivity contribution in [2.24, 2.45) is 0 Å². The second-order valence-electron chi connectivity index (χ2n) is 5.57. The Hall–Kier alpha value is -0.380. The third-order valence-corrected chi connectivity index (χ3v) is 3.46. The number of hydrogen-bond acceptors (Lipinski definition) is 4. The van der Waals surface area contributed by atoms with E-state index in [9.17, 15) is 9.36 Å². The molecule has 0 atom stereocenters. The van der Waals surface area contributed by atoms with Gasteiger partial charge in [-0.15, -0.1) is 0 Å². The molecule has 0 aromatic rings. The molecular formula is C10H21O5P. The second kappa shape index (κ2) is 4.86. The molecule has 0 aromatic heterocycles. The maximum absolute atomic E-state index is 12.2. The average molecular weight is 252 g/mol. The Balaban J connectivity index is 4.90. The maximum atomic E-state index is 12.2. The zero-order valence-corrected chi connectivity index (χ0v) is 11.6. The minimum atomic E-state index is -3.62. The molecule has 0 saturated heterocycles. The third-order valence-electron chi connectivity index (χ3n) is 1.15. The predicted molar refractivity (Wildman–Crippen MR) is 61.8 cm³/mol. The molecule has 0 unspecified atom stereocenters. The Labute approximate surface area is 96.7 Å². The first-order valence-electron chi connectivity index (χ1n) is 5.05. The summed E-state index contributed by atoms with van der Waals surface area (Å²) in [6, 6.07) is 0. The molecule has 16 heavy (non-hydrogen) atoms. The molecule has 96 valence electrons. The van der Waals surface area contributed by atoms with Crippen LogP contribution in [0.3, 0.4) is 0 Å². The number of rotatable bonds is 4. The first kappa shape index (κ1) is 15.6. The molecule has 0 amide bonds. The highest BCUT2D eigenvalue weighted by Crippen LogP contribution is 2.54. The Morgan fingerprint density at radius 3 is 1.56 bits per heavy atom. The molecule has 0 fully saturated rings. The van der Waals surface area contributed by atoms with E-state index in [0.717, 1.165) is 0 Å². The van der Waals surface area contributed by atoms with Crippen molar-refractivity contribution in [1.82, 2.24) is 0 Å². The first-order chi connectivity index (χ1) is 6.83. The van der Waals surface area contributed by atoms with E-state index < -0.39 is 30.9 Å². The molecule has 0 aliphatic heterocycles. The number of aliphatic carboxylic acids is 1. The van der Waals surface area contributed by atoms with Crippen LogP contribution in [0.5, 0.6) is 0 Å². The van der Waals surface area contributed by atoms with Gasteiger partial charge >= 0.3 is 13.6 Å².